The minimum absolute atomic E-state index is 0.0694. The lowest BCUT2D eigenvalue weighted by Crippen LogP contribution is -2.31. The molecule has 1 aromatic heterocycles. The van der Waals surface area contributed by atoms with Gasteiger partial charge >= 0.3 is 0 Å². The van der Waals surface area contributed by atoms with E-state index in [9.17, 15) is 9.18 Å². The summed E-state index contributed by atoms with van der Waals surface area (Å²) in [5.41, 5.74) is 7.68. The van der Waals surface area contributed by atoms with Crippen molar-refractivity contribution in [3.05, 3.63) is 58.4 Å². The van der Waals surface area contributed by atoms with Crippen LogP contribution in [0.2, 0.25) is 0 Å². The van der Waals surface area contributed by atoms with E-state index in [0.717, 1.165) is 10.7 Å². The van der Waals surface area contributed by atoms with Crippen LogP contribution in [0.15, 0.2) is 29.4 Å². The molecule has 1 saturated heterocycles. The number of hydrazine groups is 1. The van der Waals surface area contributed by atoms with E-state index in [4.69, 9.17) is 26.2 Å². The molecule has 1 aliphatic rings. The molecule has 12 heteroatoms. The van der Waals surface area contributed by atoms with Crippen LogP contribution in [-0.4, -0.2) is 71.5 Å². The number of halogens is 1. The summed E-state index contributed by atoms with van der Waals surface area (Å²) in [5.74, 6) is 5.23. The van der Waals surface area contributed by atoms with E-state index in [1.807, 2.05) is 6.92 Å². The minimum atomic E-state index is -0.395. The number of hydrogen-bond acceptors (Lipinski definition) is 9. The van der Waals surface area contributed by atoms with Gasteiger partial charge < -0.3 is 25.6 Å². The molecule has 0 radical (unpaired) electrons. The number of benzene rings is 1. The van der Waals surface area contributed by atoms with Gasteiger partial charge in [-0.3, -0.25) is 4.79 Å². The van der Waals surface area contributed by atoms with E-state index in [0.29, 0.717) is 43.3 Å². The number of carbonyl (C=O) groups excluding carboxylic acids is 1. The number of nitrogens with one attached hydrogen (secondary N) is 1. The number of amidine groups is 1. The first-order valence-electron chi connectivity index (χ1n) is 10.8. The Morgan fingerprint density at radius 3 is 2.65 bits per heavy atom. The molecule has 3 rings (SSSR count). The predicted octanol–water partition coefficient (Wildman–Crippen LogP) is 0.236. The third kappa shape index (κ3) is 8.63. The molecule has 2 aromatic rings. The fourth-order valence-electron chi connectivity index (χ4n) is 2.96. The largest absolute Gasteiger partial charge is 0.394 e. The zero-order chi connectivity index (χ0) is 25.1. The quantitative estimate of drug-likeness (QED) is 0.189. The molecule has 0 unspecified atom stereocenters. The second-order valence-corrected chi connectivity index (χ2v) is 7.46. The van der Waals surface area contributed by atoms with Gasteiger partial charge in [-0.2, -0.15) is 0 Å². The molecule has 186 valence electrons. The summed E-state index contributed by atoms with van der Waals surface area (Å²) in [5, 5.41) is 16.1. The lowest BCUT2D eigenvalue weighted by Gasteiger charge is -2.20. The Hall–Kier alpha value is -3.19. The number of rotatable bonds is 7. The van der Waals surface area contributed by atoms with Crippen LogP contribution in [0.3, 0.4) is 0 Å². The van der Waals surface area contributed by atoms with Gasteiger partial charge in [0.1, 0.15) is 29.1 Å². The Balaban J connectivity index is 0.000000430. The third-order valence-electron chi connectivity index (χ3n) is 4.63. The molecule has 0 spiro atoms. The summed E-state index contributed by atoms with van der Waals surface area (Å²) >= 11 is 0. The number of amides is 1. The number of aryl methyl sites for hydroxylation is 2. The van der Waals surface area contributed by atoms with Crippen LogP contribution in [-0.2, 0) is 22.4 Å². The fraction of sp³-hybridized carbons (Fsp3) is 0.455. The SMILES string of the molecule is CCc1cc(CNC(=O)c2cc(/C(N)=N/N(C)N)nc(C)n2)ccc1F.OC[C@@H]1COCCO1. The van der Waals surface area contributed by atoms with E-state index < -0.39 is 5.91 Å². The van der Waals surface area contributed by atoms with Gasteiger partial charge in [0.2, 0.25) is 0 Å². The highest BCUT2D eigenvalue weighted by molar-refractivity contribution is 5.99. The highest BCUT2D eigenvalue weighted by Gasteiger charge is 2.13. The number of hydrogen-bond donors (Lipinski definition) is 4. The minimum Gasteiger partial charge on any atom is -0.394 e. The van der Waals surface area contributed by atoms with Gasteiger partial charge in [0.05, 0.1) is 26.4 Å². The monoisotopic (exact) mass is 477 g/mol. The molecule has 1 amide bonds. The molecule has 1 aliphatic heterocycles. The molecule has 34 heavy (non-hydrogen) atoms. The van der Waals surface area contributed by atoms with E-state index >= 15 is 0 Å². The third-order valence-corrected chi connectivity index (χ3v) is 4.63. The number of nitrogens with two attached hydrogens (primary N) is 2. The van der Waals surface area contributed by atoms with Crippen molar-refractivity contribution in [2.45, 2.75) is 32.9 Å². The number of carbonyl (C=O) groups is 1. The second-order valence-electron chi connectivity index (χ2n) is 7.46. The molecule has 1 aromatic carbocycles. The van der Waals surface area contributed by atoms with Crippen LogP contribution in [0.5, 0.6) is 0 Å². The van der Waals surface area contributed by atoms with Crippen LogP contribution >= 0.6 is 0 Å². The lowest BCUT2D eigenvalue weighted by molar-refractivity contribution is -0.105. The van der Waals surface area contributed by atoms with Crippen molar-refractivity contribution in [1.29, 1.82) is 0 Å². The van der Waals surface area contributed by atoms with Gasteiger partial charge in [0.25, 0.3) is 5.91 Å². The van der Waals surface area contributed by atoms with Gasteiger partial charge in [0, 0.05) is 13.6 Å². The molecule has 0 saturated carbocycles. The summed E-state index contributed by atoms with van der Waals surface area (Å²) in [7, 11) is 1.52. The smallest absolute Gasteiger partial charge is 0.270 e. The molecule has 6 N–H and O–H groups in total. The molecule has 2 heterocycles. The van der Waals surface area contributed by atoms with Crippen molar-refractivity contribution in [3.63, 3.8) is 0 Å². The summed E-state index contributed by atoms with van der Waals surface area (Å²) < 4.78 is 23.6. The van der Waals surface area contributed by atoms with Crippen molar-refractivity contribution in [2.75, 3.05) is 33.5 Å². The number of nitrogens with zero attached hydrogens (tertiary/aromatic N) is 4. The molecular formula is C22H32FN7O4. The first kappa shape index (κ1) is 27.1. The number of ether oxygens (including phenoxy) is 2. The first-order chi connectivity index (χ1) is 16.2. The molecular weight excluding hydrogens is 445 g/mol. The van der Waals surface area contributed by atoms with Crippen molar-refractivity contribution in [1.82, 2.24) is 20.4 Å². The van der Waals surface area contributed by atoms with Crippen molar-refractivity contribution < 1.29 is 23.8 Å². The van der Waals surface area contributed by atoms with Gasteiger partial charge in [-0.05, 0) is 36.6 Å². The summed E-state index contributed by atoms with van der Waals surface area (Å²) in [4.78, 5) is 20.7. The second kappa shape index (κ2) is 13.5. The van der Waals surface area contributed by atoms with Crippen molar-refractivity contribution >= 4 is 11.7 Å². The van der Waals surface area contributed by atoms with Crippen LogP contribution in [0.1, 0.15) is 40.1 Å². The summed E-state index contributed by atoms with van der Waals surface area (Å²) in [6.45, 7) is 5.65. The van der Waals surface area contributed by atoms with E-state index in [1.165, 1.54) is 19.2 Å². The van der Waals surface area contributed by atoms with E-state index in [-0.39, 0.29) is 36.6 Å². The zero-order valence-corrected chi connectivity index (χ0v) is 19.6. The average molecular weight is 478 g/mol. The van der Waals surface area contributed by atoms with E-state index in [1.54, 1.807) is 19.1 Å². The zero-order valence-electron chi connectivity index (χ0n) is 19.6. The van der Waals surface area contributed by atoms with Gasteiger partial charge in [-0.15, -0.1) is 5.10 Å². The maximum Gasteiger partial charge on any atom is 0.270 e. The molecule has 1 fully saturated rings. The maximum absolute atomic E-state index is 13.5. The number of aromatic nitrogens is 2. The van der Waals surface area contributed by atoms with Crippen LogP contribution < -0.4 is 16.9 Å². The van der Waals surface area contributed by atoms with Gasteiger partial charge in [-0.1, -0.05) is 19.1 Å². The molecule has 0 aliphatic carbocycles. The van der Waals surface area contributed by atoms with Crippen LogP contribution in [0, 0.1) is 12.7 Å². The highest BCUT2D eigenvalue weighted by Crippen LogP contribution is 2.11. The predicted molar refractivity (Wildman–Crippen MR) is 124 cm³/mol. The lowest BCUT2D eigenvalue weighted by atomic mass is 10.1. The Kier molecular flexibility index (Phi) is 10.7. The molecule has 0 bridgehead atoms. The number of hydrazone groups is 1. The Morgan fingerprint density at radius 1 is 1.32 bits per heavy atom. The Labute approximate surface area is 197 Å². The highest BCUT2D eigenvalue weighted by atomic mass is 19.1. The maximum atomic E-state index is 13.5. The van der Waals surface area contributed by atoms with Gasteiger partial charge in [-0.25, -0.2) is 25.3 Å². The fourth-order valence-corrected chi connectivity index (χ4v) is 2.96. The summed E-state index contributed by atoms with van der Waals surface area (Å²) in [6.07, 6.45) is 0.500. The van der Waals surface area contributed by atoms with E-state index in [2.05, 4.69) is 20.4 Å². The molecule has 1 atom stereocenters. The normalized spacial score (nSPS) is 15.8. The van der Waals surface area contributed by atoms with Crippen molar-refractivity contribution in [2.24, 2.45) is 16.7 Å². The number of aliphatic hydroxyl groups excluding tert-OH is 1. The van der Waals surface area contributed by atoms with Crippen LogP contribution in [0.4, 0.5) is 4.39 Å². The number of aliphatic hydroxyl groups is 1. The average Bonchev–Trinajstić information content (AvgIpc) is 2.83. The van der Waals surface area contributed by atoms with Gasteiger partial charge in [0.15, 0.2) is 5.84 Å². The summed E-state index contributed by atoms with van der Waals surface area (Å²) in [6, 6.07) is 6.20. The Bertz CT molecular complexity index is 982. The molecule has 11 nitrogen and oxygen atoms in total. The van der Waals surface area contributed by atoms with Crippen LogP contribution in [0.25, 0.3) is 0 Å². The van der Waals surface area contributed by atoms with Crippen molar-refractivity contribution in [3.8, 4) is 0 Å². The standard InChI is InChI=1S/C17H22FN7O.C5H10O3/c1-4-12-7-11(5-6-13(12)18)9-21-17(26)15-8-14(22-10(2)23-15)16(19)24-25(3)20;6-3-5-4-7-1-2-8-5/h5-8H,4,9,20H2,1-3H3,(H2,19,24)(H,21,26);5-6H,1-4H2/t;5-/m.1/s1. The topological polar surface area (TPSA) is 161 Å². The Morgan fingerprint density at radius 2 is 2.06 bits per heavy atom. The first-order valence-corrected chi connectivity index (χ1v) is 10.8.